The van der Waals surface area contributed by atoms with Crippen LogP contribution >= 0.6 is 0 Å². The Balaban J connectivity index is 1.71. The van der Waals surface area contributed by atoms with Gasteiger partial charge in [-0.05, 0) is 32.3 Å². The zero-order valence-electron chi connectivity index (χ0n) is 15.8. The second-order valence-corrected chi connectivity index (χ2v) is 7.21. The third-order valence-corrected chi connectivity index (χ3v) is 5.39. The first kappa shape index (κ1) is 18.1. The molecule has 3 rings (SSSR count). The standard InChI is InChI=1S/C20H31N3O2/c1-4-21-19(23-12-9-16(13-23)14-24-2)22-15-20(10-11-20)17-7-5-6-8-18(17)25-3/h5-8,16H,4,9-15H2,1-3H3,(H,21,22). The summed E-state index contributed by atoms with van der Waals surface area (Å²) >= 11 is 0. The summed E-state index contributed by atoms with van der Waals surface area (Å²) in [5.41, 5.74) is 1.45. The molecule has 0 spiro atoms. The van der Waals surface area contributed by atoms with E-state index in [1.807, 2.05) is 6.07 Å². The molecule has 0 amide bonds. The normalized spacial score (nSPS) is 22.1. The van der Waals surface area contributed by atoms with Gasteiger partial charge in [-0.3, -0.25) is 4.99 Å². The van der Waals surface area contributed by atoms with Gasteiger partial charge in [0.25, 0.3) is 0 Å². The molecule has 2 fully saturated rings. The van der Waals surface area contributed by atoms with Gasteiger partial charge < -0.3 is 19.7 Å². The van der Waals surface area contributed by atoms with Gasteiger partial charge in [0.15, 0.2) is 5.96 Å². The highest BCUT2D eigenvalue weighted by molar-refractivity contribution is 5.80. The summed E-state index contributed by atoms with van der Waals surface area (Å²) in [4.78, 5) is 7.39. The smallest absolute Gasteiger partial charge is 0.193 e. The summed E-state index contributed by atoms with van der Waals surface area (Å²) in [5.74, 6) is 2.64. The van der Waals surface area contributed by atoms with Crippen LogP contribution in [0.15, 0.2) is 29.3 Å². The fourth-order valence-corrected chi connectivity index (χ4v) is 3.80. The molecule has 25 heavy (non-hydrogen) atoms. The van der Waals surface area contributed by atoms with Gasteiger partial charge in [-0.25, -0.2) is 0 Å². The number of nitrogens with one attached hydrogen (secondary N) is 1. The van der Waals surface area contributed by atoms with Gasteiger partial charge in [-0.2, -0.15) is 0 Å². The lowest BCUT2D eigenvalue weighted by Gasteiger charge is -2.23. The number of guanidine groups is 1. The largest absolute Gasteiger partial charge is 0.496 e. The number of methoxy groups -OCH3 is 2. The number of hydrogen-bond donors (Lipinski definition) is 1. The van der Waals surface area contributed by atoms with Gasteiger partial charge in [-0.15, -0.1) is 0 Å². The zero-order valence-corrected chi connectivity index (χ0v) is 15.8. The van der Waals surface area contributed by atoms with E-state index in [0.29, 0.717) is 5.92 Å². The Morgan fingerprint density at radius 3 is 2.80 bits per heavy atom. The minimum Gasteiger partial charge on any atom is -0.496 e. The van der Waals surface area contributed by atoms with Crippen LogP contribution in [-0.4, -0.2) is 57.9 Å². The van der Waals surface area contributed by atoms with Crippen molar-refractivity contribution in [1.82, 2.24) is 10.2 Å². The fraction of sp³-hybridized carbons (Fsp3) is 0.650. The van der Waals surface area contributed by atoms with Crippen LogP contribution in [-0.2, 0) is 10.2 Å². The van der Waals surface area contributed by atoms with Crippen LogP contribution in [0.25, 0.3) is 0 Å². The quantitative estimate of drug-likeness (QED) is 0.610. The molecule has 1 atom stereocenters. The molecule has 0 aromatic heterocycles. The minimum atomic E-state index is 0.152. The maximum absolute atomic E-state index is 5.58. The van der Waals surface area contributed by atoms with Gasteiger partial charge >= 0.3 is 0 Å². The average molecular weight is 345 g/mol. The Morgan fingerprint density at radius 1 is 1.32 bits per heavy atom. The van der Waals surface area contributed by atoms with Gasteiger partial charge in [0.05, 0.1) is 20.3 Å². The molecule has 5 nitrogen and oxygen atoms in total. The van der Waals surface area contributed by atoms with Crippen molar-refractivity contribution in [3.63, 3.8) is 0 Å². The second-order valence-electron chi connectivity index (χ2n) is 7.21. The molecule has 1 N–H and O–H groups in total. The van der Waals surface area contributed by atoms with E-state index >= 15 is 0 Å². The van der Waals surface area contributed by atoms with E-state index in [2.05, 4.69) is 35.3 Å². The van der Waals surface area contributed by atoms with Crippen LogP contribution in [0, 0.1) is 5.92 Å². The Bertz CT molecular complexity index is 598. The summed E-state index contributed by atoms with van der Waals surface area (Å²) in [7, 11) is 3.54. The summed E-state index contributed by atoms with van der Waals surface area (Å²) < 4.78 is 10.9. The van der Waals surface area contributed by atoms with Gasteiger partial charge in [-0.1, -0.05) is 18.2 Å². The van der Waals surface area contributed by atoms with Crippen molar-refractivity contribution < 1.29 is 9.47 Å². The second kappa shape index (κ2) is 8.09. The first-order valence-electron chi connectivity index (χ1n) is 9.38. The fourth-order valence-electron chi connectivity index (χ4n) is 3.80. The first-order chi connectivity index (χ1) is 12.2. The zero-order chi connectivity index (χ0) is 17.7. The summed E-state index contributed by atoms with van der Waals surface area (Å²) in [6.07, 6.45) is 3.54. The molecular weight excluding hydrogens is 314 g/mol. The Hall–Kier alpha value is -1.75. The summed E-state index contributed by atoms with van der Waals surface area (Å²) in [5, 5.41) is 3.47. The lowest BCUT2D eigenvalue weighted by molar-refractivity contribution is 0.157. The number of para-hydroxylation sites is 1. The third-order valence-electron chi connectivity index (χ3n) is 5.39. The number of likely N-dealkylation sites (tertiary alicyclic amines) is 1. The molecule has 1 aromatic rings. The number of rotatable bonds is 7. The molecule has 1 saturated carbocycles. The van der Waals surface area contributed by atoms with Crippen molar-refractivity contribution in [2.75, 3.05) is 47.0 Å². The number of nitrogens with zero attached hydrogens (tertiary/aromatic N) is 2. The molecule has 1 aliphatic heterocycles. The van der Waals surface area contributed by atoms with Crippen molar-refractivity contribution in [2.24, 2.45) is 10.9 Å². The Labute approximate surface area is 151 Å². The Kier molecular flexibility index (Phi) is 5.84. The van der Waals surface area contributed by atoms with E-state index in [9.17, 15) is 0 Å². The number of ether oxygens (including phenoxy) is 2. The van der Waals surface area contributed by atoms with E-state index in [0.717, 1.165) is 44.5 Å². The van der Waals surface area contributed by atoms with Gasteiger partial charge in [0, 0.05) is 43.6 Å². The van der Waals surface area contributed by atoms with Gasteiger partial charge in [0.1, 0.15) is 5.75 Å². The average Bonchev–Trinajstić information content (AvgIpc) is 3.29. The first-order valence-corrected chi connectivity index (χ1v) is 9.38. The predicted molar refractivity (Wildman–Crippen MR) is 101 cm³/mol. The number of aliphatic imine (C=N–C) groups is 1. The summed E-state index contributed by atoms with van der Waals surface area (Å²) in [6, 6.07) is 8.38. The van der Waals surface area contributed by atoms with Crippen molar-refractivity contribution in [3.8, 4) is 5.75 Å². The van der Waals surface area contributed by atoms with Gasteiger partial charge in [0.2, 0.25) is 0 Å². The molecule has 5 heteroatoms. The molecule has 1 aromatic carbocycles. The van der Waals surface area contributed by atoms with Crippen molar-refractivity contribution in [3.05, 3.63) is 29.8 Å². The maximum atomic E-state index is 5.58. The highest BCUT2D eigenvalue weighted by Gasteiger charge is 2.46. The lowest BCUT2D eigenvalue weighted by atomic mass is 9.95. The molecule has 0 radical (unpaired) electrons. The van der Waals surface area contributed by atoms with E-state index in [-0.39, 0.29) is 5.41 Å². The SMILES string of the molecule is CCNC(=NCC1(c2ccccc2OC)CC1)N1CCC(COC)C1. The lowest BCUT2D eigenvalue weighted by Crippen LogP contribution is -2.40. The van der Waals surface area contributed by atoms with Crippen LogP contribution in [0.1, 0.15) is 31.7 Å². The highest BCUT2D eigenvalue weighted by atomic mass is 16.5. The number of hydrogen-bond acceptors (Lipinski definition) is 3. The summed E-state index contributed by atoms with van der Waals surface area (Å²) in [6.45, 7) is 6.77. The van der Waals surface area contributed by atoms with E-state index in [1.165, 1.54) is 24.8 Å². The molecule has 1 saturated heterocycles. The van der Waals surface area contributed by atoms with Crippen molar-refractivity contribution in [2.45, 2.75) is 31.6 Å². The molecular formula is C20H31N3O2. The molecule has 1 unspecified atom stereocenters. The van der Waals surface area contributed by atoms with Crippen LogP contribution < -0.4 is 10.1 Å². The van der Waals surface area contributed by atoms with Crippen LogP contribution in [0.4, 0.5) is 0 Å². The van der Waals surface area contributed by atoms with Crippen LogP contribution in [0.5, 0.6) is 5.75 Å². The van der Waals surface area contributed by atoms with Crippen LogP contribution in [0.3, 0.4) is 0 Å². The van der Waals surface area contributed by atoms with E-state index < -0.39 is 0 Å². The molecule has 1 aliphatic carbocycles. The highest BCUT2D eigenvalue weighted by Crippen LogP contribution is 2.51. The predicted octanol–water partition coefficient (Wildman–Crippen LogP) is 2.66. The topological polar surface area (TPSA) is 46.1 Å². The van der Waals surface area contributed by atoms with E-state index in [4.69, 9.17) is 14.5 Å². The minimum absolute atomic E-state index is 0.152. The molecule has 2 aliphatic rings. The molecule has 138 valence electrons. The molecule has 0 bridgehead atoms. The number of benzene rings is 1. The van der Waals surface area contributed by atoms with E-state index in [1.54, 1.807) is 14.2 Å². The van der Waals surface area contributed by atoms with Crippen molar-refractivity contribution >= 4 is 5.96 Å². The van der Waals surface area contributed by atoms with Crippen LogP contribution in [0.2, 0.25) is 0 Å². The Morgan fingerprint density at radius 2 is 2.12 bits per heavy atom. The third kappa shape index (κ3) is 4.09. The maximum Gasteiger partial charge on any atom is 0.193 e. The van der Waals surface area contributed by atoms with Crippen molar-refractivity contribution in [1.29, 1.82) is 0 Å². The monoisotopic (exact) mass is 345 g/mol. The molecule has 1 heterocycles.